The molecule has 1 heterocycles. The molecule has 1 aromatic carbocycles. The highest BCUT2D eigenvalue weighted by molar-refractivity contribution is 7.99. The van der Waals surface area contributed by atoms with E-state index in [2.05, 4.69) is 26.1 Å². The minimum atomic E-state index is 0.235. The number of nitrogens with zero attached hydrogens (tertiary/aromatic N) is 1. The van der Waals surface area contributed by atoms with Gasteiger partial charge in [-0.2, -0.15) is 0 Å². The smallest absolute Gasteiger partial charge is 0.227 e. The molecule has 2 rings (SSSR count). The molecule has 1 amide bonds. The van der Waals surface area contributed by atoms with Gasteiger partial charge < -0.3 is 4.90 Å². The molecule has 110 valence electrons. The Kier molecular flexibility index (Phi) is 5.45. The van der Waals surface area contributed by atoms with Gasteiger partial charge in [-0.1, -0.05) is 37.5 Å². The highest BCUT2D eigenvalue weighted by atomic mass is 32.2. The third kappa shape index (κ3) is 3.67. The molecule has 1 fully saturated rings. The maximum Gasteiger partial charge on any atom is 0.227 e. The number of anilines is 1. The first kappa shape index (κ1) is 15.6. The largest absolute Gasteiger partial charge is 0.312 e. The number of carbonyl (C=O) groups is 1. The molecule has 1 aliphatic rings. The van der Waals surface area contributed by atoms with Gasteiger partial charge in [0.25, 0.3) is 0 Å². The molecule has 0 atom stereocenters. The summed E-state index contributed by atoms with van der Waals surface area (Å²) < 4.78 is 0. The molecule has 0 unspecified atom stereocenters. The van der Waals surface area contributed by atoms with Crippen molar-refractivity contribution in [1.29, 1.82) is 0 Å². The van der Waals surface area contributed by atoms with E-state index in [0.717, 1.165) is 30.0 Å². The maximum atomic E-state index is 11.9. The van der Waals surface area contributed by atoms with E-state index < -0.39 is 0 Å². The fourth-order valence-corrected chi connectivity index (χ4v) is 3.47. The molecule has 0 radical (unpaired) electrons. The Bertz CT molecular complexity index is 589. The van der Waals surface area contributed by atoms with Gasteiger partial charge in [-0.3, -0.25) is 4.79 Å². The molecule has 2 nitrogen and oxygen atoms in total. The van der Waals surface area contributed by atoms with Gasteiger partial charge in [0, 0.05) is 29.3 Å². The molecule has 0 bridgehead atoms. The van der Waals surface area contributed by atoms with Crippen LogP contribution in [0.1, 0.15) is 18.4 Å². The number of benzene rings is 1. The zero-order valence-electron chi connectivity index (χ0n) is 12.5. The number of rotatable bonds is 6. The topological polar surface area (TPSA) is 20.3 Å². The molecule has 1 aromatic rings. The van der Waals surface area contributed by atoms with Gasteiger partial charge >= 0.3 is 0 Å². The van der Waals surface area contributed by atoms with Crippen LogP contribution in [-0.4, -0.2) is 18.2 Å². The quantitative estimate of drug-likeness (QED) is 0.569. The van der Waals surface area contributed by atoms with Gasteiger partial charge in [-0.05, 0) is 36.6 Å². The van der Waals surface area contributed by atoms with E-state index in [1.165, 1.54) is 10.5 Å². The van der Waals surface area contributed by atoms with Crippen LogP contribution in [0.3, 0.4) is 0 Å². The minimum absolute atomic E-state index is 0.235. The van der Waals surface area contributed by atoms with Crippen molar-refractivity contribution in [2.45, 2.75) is 24.7 Å². The van der Waals surface area contributed by atoms with Crippen LogP contribution in [0.25, 0.3) is 0 Å². The molecule has 1 saturated heterocycles. The number of allylic oxidation sites excluding steroid dienone is 3. The highest BCUT2D eigenvalue weighted by Crippen LogP contribution is 2.33. The van der Waals surface area contributed by atoms with Crippen molar-refractivity contribution in [1.82, 2.24) is 0 Å². The third-order valence-electron chi connectivity index (χ3n) is 3.61. The van der Waals surface area contributed by atoms with Gasteiger partial charge in [0.1, 0.15) is 0 Å². The average Bonchev–Trinajstić information content (AvgIpc) is 2.91. The van der Waals surface area contributed by atoms with Crippen LogP contribution >= 0.6 is 11.8 Å². The van der Waals surface area contributed by atoms with Gasteiger partial charge in [0.2, 0.25) is 5.91 Å². The van der Waals surface area contributed by atoms with Crippen molar-refractivity contribution in [3.05, 3.63) is 60.7 Å². The summed E-state index contributed by atoms with van der Waals surface area (Å²) in [6, 6.07) is 6.18. The predicted molar refractivity (Wildman–Crippen MR) is 92.0 cm³/mol. The fourth-order valence-electron chi connectivity index (χ4n) is 2.44. The van der Waals surface area contributed by atoms with Crippen molar-refractivity contribution in [3.63, 3.8) is 0 Å². The Balaban J connectivity index is 2.18. The molecule has 0 spiro atoms. The van der Waals surface area contributed by atoms with Crippen LogP contribution in [-0.2, 0) is 4.79 Å². The third-order valence-corrected chi connectivity index (χ3v) is 4.84. The number of carbonyl (C=O) groups excluding carboxylic acids is 1. The van der Waals surface area contributed by atoms with Gasteiger partial charge in [-0.25, -0.2) is 0 Å². The lowest BCUT2D eigenvalue weighted by molar-refractivity contribution is -0.117. The van der Waals surface area contributed by atoms with Crippen LogP contribution in [0.15, 0.2) is 60.1 Å². The first-order valence-corrected chi connectivity index (χ1v) is 8.12. The predicted octanol–water partition coefficient (Wildman–Crippen LogP) is 4.51. The molecule has 21 heavy (non-hydrogen) atoms. The number of thioether (sulfide) groups is 1. The Morgan fingerprint density at radius 2 is 2.24 bits per heavy atom. The van der Waals surface area contributed by atoms with Crippen LogP contribution in [0.4, 0.5) is 5.69 Å². The van der Waals surface area contributed by atoms with Crippen molar-refractivity contribution in [2.24, 2.45) is 0 Å². The zero-order chi connectivity index (χ0) is 15.2. The van der Waals surface area contributed by atoms with Crippen molar-refractivity contribution in [2.75, 3.05) is 17.2 Å². The molecule has 0 saturated carbocycles. The van der Waals surface area contributed by atoms with Crippen LogP contribution < -0.4 is 4.90 Å². The van der Waals surface area contributed by atoms with Crippen LogP contribution in [0.2, 0.25) is 0 Å². The second-order valence-corrected chi connectivity index (χ2v) is 6.04. The zero-order valence-corrected chi connectivity index (χ0v) is 13.3. The highest BCUT2D eigenvalue weighted by Gasteiger charge is 2.23. The van der Waals surface area contributed by atoms with E-state index in [0.29, 0.717) is 6.42 Å². The second kappa shape index (κ2) is 7.32. The Morgan fingerprint density at radius 1 is 1.43 bits per heavy atom. The molecule has 0 N–H and O–H groups in total. The summed E-state index contributed by atoms with van der Waals surface area (Å²) in [5.41, 5.74) is 3.38. The van der Waals surface area contributed by atoms with E-state index in [9.17, 15) is 4.79 Å². The van der Waals surface area contributed by atoms with E-state index in [4.69, 9.17) is 0 Å². The molecule has 0 aromatic heterocycles. The normalized spacial score (nSPS) is 15.4. The van der Waals surface area contributed by atoms with Crippen molar-refractivity contribution in [3.8, 4) is 0 Å². The van der Waals surface area contributed by atoms with E-state index >= 15 is 0 Å². The van der Waals surface area contributed by atoms with E-state index in [1.54, 1.807) is 17.8 Å². The SMILES string of the molecule is C=C/C=C(\C=C)CSc1cccc(N2CCCC2=O)c1C. The van der Waals surface area contributed by atoms with Crippen molar-refractivity contribution < 1.29 is 4.79 Å². The fraction of sp³-hybridized carbons (Fsp3) is 0.278. The van der Waals surface area contributed by atoms with Crippen LogP contribution in [0, 0.1) is 6.92 Å². The summed E-state index contributed by atoms with van der Waals surface area (Å²) in [6.45, 7) is 10.5. The summed E-state index contributed by atoms with van der Waals surface area (Å²) in [6.07, 6.45) is 7.24. The lowest BCUT2D eigenvalue weighted by atomic mass is 10.2. The summed E-state index contributed by atoms with van der Waals surface area (Å²) >= 11 is 1.77. The summed E-state index contributed by atoms with van der Waals surface area (Å²) in [5.74, 6) is 1.09. The van der Waals surface area contributed by atoms with Gasteiger partial charge in [-0.15, -0.1) is 11.8 Å². The standard InChI is InChI=1S/C18H21NOS/c1-4-8-15(5-2)13-21-17-10-6-9-16(14(17)3)19-12-7-11-18(19)20/h4-6,8-10H,1-2,7,11-13H2,3H3/b15-8+. The Hall–Kier alpha value is -1.74. The summed E-state index contributed by atoms with van der Waals surface area (Å²) in [7, 11) is 0. The molecule has 1 aliphatic heterocycles. The van der Waals surface area contributed by atoms with Crippen molar-refractivity contribution >= 4 is 23.4 Å². The average molecular weight is 299 g/mol. The van der Waals surface area contributed by atoms with Gasteiger partial charge in [0.05, 0.1) is 0 Å². The molecule has 0 aliphatic carbocycles. The number of hydrogen-bond acceptors (Lipinski definition) is 2. The molecular weight excluding hydrogens is 278 g/mol. The van der Waals surface area contributed by atoms with Gasteiger partial charge in [0.15, 0.2) is 0 Å². The first-order valence-electron chi connectivity index (χ1n) is 7.14. The second-order valence-electron chi connectivity index (χ2n) is 5.02. The maximum absolute atomic E-state index is 11.9. The Morgan fingerprint density at radius 3 is 2.86 bits per heavy atom. The number of amides is 1. The minimum Gasteiger partial charge on any atom is -0.312 e. The summed E-state index contributed by atoms with van der Waals surface area (Å²) in [5, 5.41) is 0. The lowest BCUT2D eigenvalue weighted by Crippen LogP contribution is -2.24. The van der Waals surface area contributed by atoms with Crippen LogP contribution in [0.5, 0.6) is 0 Å². The number of hydrogen-bond donors (Lipinski definition) is 0. The summed E-state index contributed by atoms with van der Waals surface area (Å²) in [4.78, 5) is 15.0. The monoisotopic (exact) mass is 299 g/mol. The molecular formula is C18H21NOS. The van der Waals surface area contributed by atoms with E-state index in [1.807, 2.05) is 29.2 Å². The lowest BCUT2D eigenvalue weighted by Gasteiger charge is -2.20. The Labute approximate surface area is 131 Å². The first-order chi connectivity index (χ1) is 10.2. The van der Waals surface area contributed by atoms with E-state index in [-0.39, 0.29) is 5.91 Å². The molecule has 3 heteroatoms.